The van der Waals surface area contributed by atoms with Crippen LogP contribution in [0.2, 0.25) is 0 Å². The Labute approximate surface area is 115 Å². The summed E-state index contributed by atoms with van der Waals surface area (Å²) in [7, 11) is 0. The maximum atomic E-state index is 12.1. The Balaban J connectivity index is 2.25. The van der Waals surface area contributed by atoms with Crippen molar-refractivity contribution in [2.75, 3.05) is 11.1 Å². The number of anilines is 2. The fourth-order valence-corrected chi connectivity index (χ4v) is 1.71. The van der Waals surface area contributed by atoms with Gasteiger partial charge in [0.1, 0.15) is 5.69 Å². The fraction of sp³-hybridized carbons (Fsp3) is 0.0714. The summed E-state index contributed by atoms with van der Waals surface area (Å²) in [4.78, 5) is 26.9. The number of nitrogens with two attached hydrogens (primary N) is 1. The van der Waals surface area contributed by atoms with E-state index in [1.54, 1.807) is 19.1 Å². The summed E-state index contributed by atoms with van der Waals surface area (Å²) in [6.07, 6.45) is 1.53. The van der Waals surface area contributed by atoms with Crippen LogP contribution in [0.3, 0.4) is 0 Å². The number of aromatic nitrogens is 1. The molecule has 0 saturated heterocycles. The first kappa shape index (κ1) is 13.5. The molecule has 1 heterocycles. The van der Waals surface area contributed by atoms with E-state index in [0.717, 1.165) is 5.56 Å². The third kappa shape index (κ3) is 2.74. The average Bonchev–Trinajstić information content (AvgIpc) is 2.41. The van der Waals surface area contributed by atoms with Gasteiger partial charge in [0.15, 0.2) is 0 Å². The van der Waals surface area contributed by atoms with Crippen LogP contribution in [0.15, 0.2) is 36.5 Å². The standard InChI is InChI=1S/C14H13N3O3/c1-8-3-2-6-16-12(8)13(18)17-11-5-4-9(14(19)20)7-10(11)15/h2-7H,15H2,1H3,(H,17,18)(H,19,20). The van der Waals surface area contributed by atoms with Gasteiger partial charge < -0.3 is 16.2 Å². The van der Waals surface area contributed by atoms with Crippen LogP contribution in [0.25, 0.3) is 0 Å². The van der Waals surface area contributed by atoms with Gasteiger partial charge in [-0.05, 0) is 36.8 Å². The van der Waals surface area contributed by atoms with E-state index in [1.165, 1.54) is 24.4 Å². The first-order valence-corrected chi connectivity index (χ1v) is 5.85. The van der Waals surface area contributed by atoms with Gasteiger partial charge in [0.2, 0.25) is 0 Å². The summed E-state index contributed by atoms with van der Waals surface area (Å²) in [6.45, 7) is 1.78. The summed E-state index contributed by atoms with van der Waals surface area (Å²) in [6, 6.07) is 7.64. The van der Waals surface area contributed by atoms with Crippen molar-refractivity contribution in [3.8, 4) is 0 Å². The number of aromatic carboxylic acids is 1. The smallest absolute Gasteiger partial charge is 0.335 e. The number of hydrogen-bond donors (Lipinski definition) is 3. The summed E-state index contributed by atoms with van der Waals surface area (Å²) in [5.41, 5.74) is 7.37. The number of aryl methyl sites for hydroxylation is 1. The Morgan fingerprint density at radius 1 is 1.30 bits per heavy atom. The quantitative estimate of drug-likeness (QED) is 0.739. The molecule has 0 aliphatic carbocycles. The predicted molar refractivity (Wildman–Crippen MR) is 74.7 cm³/mol. The summed E-state index contributed by atoms with van der Waals surface area (Å²) in [5, 5.41) is 11.5. The number of carboxylic acids is 1. The van der Waals surface area contributed by atoms with Gasteiger partial charge in [0.05, 0.1) is 16.9 Å². The largest absolute Gasteiger partial charge is 0.478 e. The number of nitrogens with zero attached hydrogens (tertiary/aromatic N) is 1. The molecule has 102 valence electrons. The summed E-state index contributed by atoms with van der Waals surface area (Å²) in [5.74, 6) is -1.46. The topological polar surface area (TPSA) is 105 Å². The second-order valence-corrected chi connectivity index (χ2v) is 4.23. The second-order valence-electron chi connectivity index (χ2n) is 4.23. The zero-order valence-electron chi connectivity index (χ0n) is 10.8. The van der Waals surface area contributed by atoms with Crippen LogP contribution in [0, 0.1) is 6.92 Å². The number of nitrogens with one attached hydrogen (secondary N) is 1. The van der Waals surface area contributed by atoms with Gasteiger partial charge in [-0.25, -0.2) is 4.79 Å². The van der Waals surface area contributed by atoms with Crippen molar-refractivity contribution < 1.29 is 14.7 Å². The molecule has 0 spiro atoms. The van der Waals surface area contributed by atoms with Crippen molar-refractivity contribution in [1.29, 1.82) is 0 Å². The molecular formula is C14H13N3O3. The minimum absolute atomic E-state index is 0.0644. The molecule has 1 aromatic carbocycles. The zero-order valence-corrected chi connectivity index (χ0v) is 10.8. The lowest BCUT2D eigenvalue weighted by Crippen LogP contribution is -2.16. The Kier molecular flexibility index (Phi) is 3.65. The van der Waals surface area contributed by atoms with Gasteiger partial charge in [-0.3, -0.25) is 9.78 Å². The zero-order chi connectivity index (χ0) is 14.7. The molecule has 0 aliphatic rings. The van der Waals surface area contributed by atoms with Crippen LogP contribution >= 0.6 is 0 Å². The highest BCUT2D eigenvalue weighted by Crippen LogP contribution is 2.21. The average molecular weight is 271 g/mol. The lowest BCUT2D eigenvalue weighted by Gasteiger charge is -2.09. The molecule has 1 amide bonds. The van der Waals surface area contributed by atoms with Crippen molar-refractivity contribution in [1.82, 2.24) is 4.98 Å². The van der Waals surface area contributed by atoms with E-state index in [-0.39, 0.29) is 11.3 Å². The molecule has 6 heteroatoms. The number of carboxylic acid groups (broad SMARTS) is 1. The highest BCUT2D eigenvalue weighted by molar-refractivity contribution is 6.05. The highest BCUT2D eigenvalue weighted by Gasteiger charge is 2.13. The Morgan fingerprint density at radius 2 is 2.05 bits per heavy atom. The maximum Gasteiger partial charge on any atom is 0.335 e. The first-order valence-electron chi connectivity index (χ1n) is 5.85. The SMILES string of the molecule is Cc1cccnc1C(=O)Nc1ccc(C(=O)O)cc1N. The molecule has 20 heavy (non-hydrogen) atoms. The van der Waals surface area contributed by atoms with Crippen molar-refractivity contribution >= 4 is 23.3 Å². The Bertz CT molecular complexity index is 683. The van der Waals surface area contributed by atoms with Crippen molar-refractivity contribution in [2.24, 2.45) is 0 Å². The molecule has 0 bridgehead atoms. The summed E-state index contributed by atoms with van der Waals surface area (Å²) >= 11 is 0. The highest BCUT2D eigenvalue weighted by atomic mass is 16.4. The van der Waals surface area contributed by atoms with Gasteiger partial charge in [0.25, 0.3) is 5.91 Å². The predicted octanol–water partition coefficient (Wildman–Crippen LogP) is 1.92. The number of amides is 1. The van der Waals surface area contributed by atoms with E-state index in [9.17, 15) is 9.59 Å². The van der Waals surface area contributed by atoms with Gasteiger partial charge in [-0.1, -0.05) is 6.07 Å². The molecule has 0 saturated carbocycles. The van der Waals surface area contributed by atoms with Crippen LogP contribution in [-0.4, -0.2) is 22.0 Å². The maximum absolute atomic E-state index is 12.1. The van der Waals surface area contributed by atoms with Crippen molar-refractivity contribution in [2.45, 2.75) is 6.92 Å². The molecule has 4 N–H and O–H groups in total. The van der Waals surface area contributed by atoms with Crippen LogP contribution in [-0.2, 0) is 0 Å². The van der Waals surface area contributed by atoms with Crippen molar-refractivity contribution in [3.05, 3.63) is 53.3 Å². The number of rotatable bonds is 3. The van der Waals surface area contributed by atoms with E-state index in [2.05, 4.69) is 10.3 Å². The number of carbonyl (C=O) groups is 2. The number of benzene rings is 1. The minimum Gasteiger partial charge on any atom is -0.478 e. The molecule has 0 radical (unpaired) electrons. The van der Waals surface area contributed by atoms with E-state index < -0.39 is 11.9 Å². The van der Waals surface area contributed by atoms with Crippen LogP contribution < -0.4 is 11.1 Å². The van der Waals surface area contributed by atoms with Gasteiger partial charge in [-0.2, -0.15) is 0 Å². The third-order valence-corrected chi connectivity index (χ3v) is 2.77. The molecule has 0 fully saturated rings. The lowest BCUT2D eigenvalue weighted by atomic mass is 10.1. The first-order chi connectivity index (χ1) is 9.49. The molecule has 0 aliphatic heterocycles. The normalized spacial score (nSPS) is 10.1. The van der Waals surface area contributed by atoms with E-state index in [1.807, 2.05) is 0 Å². The number of pyridine rings is 1. The summed E-state index contributed by atoms with van der Waals surface area (Å²) < 4.78 is 0. The third-order valence-electron chi connectivity index (χ3n) is 2.77. The molecule has 1 aromatic heterocycles. The van der Waals surface area contributed by atoms with Gasteiger partial charge in [-0.15, -0.1) is 0 Å². The minimum atomic E-state index is -1.07. The van der Waals surface area contributed by atoms with Crippen LogP contribution in [0.1, 0.15) is 26.4 Å². The monoisotopic (exact) mass is 271 g/mol. The Hall–Kier alpha value is -2.89. The number of hydrogen-bond acceptors (Lipinski definition) is 4. The number of carbonyl (C=O) groups excluding carboxylic acids is 1. The lowest BCUT2D eigenvalue weighted by molar-refractivity contribution is 0.0697. The second kappa shape index (κ2) is 5.40. The van der Waals surface area contributed by atoms with E-state index in [4.69, 9.17) is 10.8 Å². The fourth-order valence-electron chi connectivity index (χ4n) is 1.71. The Morgan fingerprint density at radius 3 is 2.65 bits per heavy atom. The molecule has 2 rings (SSSR count). The van der Waals surface area contributed by atoms with E-state index >= 15 is 0 Å². The number of nitrogen functional groups attached to an aromatic ring is 1. The van der Waals surface area contributed by atoms with E-state index in [0.29, 0.717) is 11.4 Å². The van der Waals surface area contributed by atoms with Gasteiger partial charge >= 0.3 is 5.97 Å². The molecule has 2 aromatic rings. The molecular weight excluding hydrogens is 258 g/mol. The van der Waals surface area contributed by atoms with Gasteiger partial charge in [0, 0.05) is 6.20 Å². The molecule has 6 nitrogen and oxygen atoms in total. The van der Waals surface area contributed by atoms with Crippen LogP contribution in [0.4, 0.5) is 11.4 Å². The van der Waals surface area contributed by atoms with Crippen molar-refractivity contribution in [3.63, 3.8) is 0 Å². The molecule has 0 unspecified atom stereocenters. The van der Waals surface area contributed by atoms with Crippen LogP contribution in [0.5, 0.6) is 0 Å². The molecule has 0 atom stereocenters.